The Kier molecular flexibility index (Phi) is 7.90. The van der Waals surface area contributed by atoms with Crippen LogP contribution in [0.1, 0.15) is 5.56 Å². The van der Waals surface area contributed by atoms with Crippen molar-refractivity contribution in [3.63, 3.8) is 0 Å². The standard InChI is InChI=1S/C13H14F3N3O.C4H10N2.BrH/c1-18-4-6-19(7-5-18)12-17-10-8-9(13(14,15)16)2-3-11(10)20-12;1-2-6-4-3-5-1;/h2-3,8H,4-7H2,1H3;5-6H,1-4H2;1H. The van der Waals surface area contributed by atoms with E-state index >= 15 is 0 Å². The van der Waals surface area contributed by atoms with Gasteiger partial charge in [-0.2, -0.15) is 18.2 Å². The van der Waals surface area contributed by atoms with Gasteiger partial charge in [0.05, 0.1) is 18.7 Å². The highest BCUT2D eigenvalue weighted by molar-refractivity contribution is 5.75. The molecule has 0 bridgehead atoms. The molecule has 27 heavy (non-hydrogen) atoms. The minimum atomic E-state index is -4.36. The molecule has 10 heteroatoms. The molecule has 2 aromatic rings. The second kappa shape index (κ2) is 9.72. The average Bonchev–Trinajstić information content (AvgIpc) is 3.07. The predicted octanol–water partition coefficient (Wildman–Crippen LogP) is -2.24. The van der Waals surface area contributed by atoms with Crippen LogP contribution in [0.25, 0.3) is 11.1 Å². The molecule has 2 fully saturated rings. The fourth-order valence-electron chi connectivity index (χ4n) is 2.90. The van der Waals surface area contributed by atoms with Gasteiger partial charge in [-0.05, 0) is 25.2 Å². The first kappa shape index (κ1) is 21.9. The quantitative estimate of drug-likeness (QED) is 0.513. The second-order valence-electron chi connectivity index (χ2n) is 6.58. The molecule has 2 aliphatic rings. The number of rotatable bonds is 1. The highest BCUT2D eigenvalue weighted by Gasteiger charge is 2.31. The van der Waals surface area contributed by atoms with Crippen molar-refractivity contribution in [3.8, 4) is 0 Å². The molecule has 0 saturated carbocycles. The van der Waals surface area contributed by atoms with Crippen molar-refractivity contribution in [1.29, 1.82) is 0 Å². The second-order valence-corrected chi connectivity index (χ2v) is 6.58. The number of anilines is 1. The maximum atomic E-state index is 12.6. The zero-order valence-corrected chi connectivity index (χ0v) is 16.8. The molecule has 152 valence electrons. The van der Waals surface area contributed by atoms with Gasteiger partial charge in [0, 0.05) is 39.3 Å². The lowest BCUT2D eigenvalue weighted by atomic mass is 10.2. The van der Waals surface area contributed by atoms with E-state index in [0.29, 0.717) is 11.6 Å². The van der Waals surface area contributed by atoms with E-state index < -0.39 is 11.7 Å². The lowest BCUT2D eigenvalue weighted by Gasteiger charge is -2.31. The maximum Gasteiger partial charge on any atom is 0.416 e. The van der Waals surface area contributed by atoms with Gasteiger partial charge in [-0.3, -0.25) is 0 Å². The fraction of sp³-hybridized carbons (Fsp3) is 0.588. The number of oxazole rings is 1. The Morgan fingerprint density at radius 1 is 1.11 bits per heavy atom. The van der Waals surface area contributed by atoms with E-state index in [1.807, 2.05) is 11.9 Å². The van der Waals surface area contributed by atoms with E-state index in [-0.39, 0.29) is 22.5 Å². The minimum Gasteiger partial charge on any atom is -1.00 e. The first-order valence-electron chi connectivity index (χ1n) is 8.87. The predicted molar refractivity (Wildman–Crippen MR) is 93.3 cm³/mol. The average molecular weight is 452 g/mol. The number of halogens is 4. The van der Waals surface area contributed by atoms with E-state index in [0.717, 1.165) is 38.3 Å². The van der Waals surface area contributed by atoms with Crippen LogP contribution in [-0.2, 0) is 6.18 Å². The van der Waals surface area contributed by atoms with Crippen LogP contribution in [0.2, 0.25) is 0 Å². The summed E-state index contributed by atoms with van der Waals surface area (Å²) < 4.78 is 43.5. The zero-order chi connectivity index (χ0) is 18.6. The fourth-order valence-corrected chi connectivity index (χ4v) is 2.90. The van der Waals surface area contributed by atoms with Crippen LogP contribution in [-0.4, -0.2) is 69.3 Å². The molecular weight excluding hydrogens is 427 g/mol. The third-order valence-corrected chi connectivity index (χ3v) is 4.53. The number of hydrogen-bond donors (Lipinski definition) is 2. The third kappa shape index (κ3) is 6.06. The van der Waals surface area contributed by atoms with E-state index in [1.54, 1.807) is 0 Å². The van der Waals surface area contributed by atoms with Crippen LogP contribution >= 0.6 is 0 Å². The van der Waals surface area contributed by atoms with Gasteiger partial charge in [-0.25, -0.2) is 0 Å². The summed E-state index contributed by atoms with van der Waals surface area (Å²) in [6.45, 7) is 8.20. The summed E-state index contributed by atoms with van der Waals surface area (Å²) in [5.41, 5.74) is -0.0797. The maximum absolute atomic E-state index is 12.6. The van der Waals surface area contributed by atoms with Gasteiger partial charge in [0.25, 0.3) is 6.01 Å². The lowest BCUT2D eigenvalue weighted by Crippen LogP contribution is -3.00. The first-order chi connectivity index (χ1) is 12.4. The molecule has 0 atom stereocenters. The Morgan fingerprint density at radius 2 is 1.78 bits per heavy atom. The van der Waals surface area contributed by atoms with E-state index in [1.165, 1.54) is 32.2 Å². The number of benzene rings is 1. The number of alkyl halides is 3. The number of hydrogen-bond acceptors (Lipinski definition) is 5. The smallest absolute Gasteiger partial charge is 0.416 e. The molecule has 0 amide bonds. The summed E-state index contributed by atoms with van der Waals surface area (Å²) in [6, 6.07) is 3.76. The first-order valence-corrected chi connectivity index (χ1v) is 8.87. The highest BCUT2D eigenvalue weighted by Crippen LogP contribution is 2.32. The molecule has 2 aliphatic heterocycles. The summed E-state index contributed by atoms with van der Waals surface area (Å²) in [4.78, 5) is 8.31. The molecule has 0 aliphatic carbocycles. The van der Waals surface area contributed by atoms with Crippen LogP contribution < -0.4 is 32.5 Å². The topological polar surface area (TPSA) is 61.2 Å². The van der Waals surface area contributed by atoms with E-state index in [4.69, 9.17) is 4.42 Å². The summed E-state index contributed by atoms with van der Waals surface area (Å²) in [5, 5.41) is 5.58. The number of nitrogens with two attached hydrogens (primary N) is 1. The van der Waals surface area contributed by atoms with Crippen molar-refractivity contribution in [2.75, 3.05) is 64.3 Å². The van der Waals surface area contributed by atoms with Crippen LogP contribution in [0.15, 0.2) is 22.6 Å². The summed E-state index contributed by atoms with van der Waals surface area (Å²) in [6.07, 6.45) is -4.36. The Hall–Kier alpha value is -1.36. The Morgan fingerprint density at radius 3 is 2.30 bits per heavy atom. The molecular formula is C17H25BrF3N5O. The Balaban J connectivity index is 0.000000320. The van der Waals surface area contributed by atoms with Gasteiger partial charge in [-0.1, -0.05) is 0 Å². The molecule has 0 radical (unpaired) electrons. The number of fused-ring (bicyclic) bond motifs is 1. The third-order valence-electron chi connectivity index (χ3n) is 4.53. The molecule has 0 spiro atoms. The molecule has 1 aromatic heterocycles. The van der Waals surface area contributed by atoms with Gasteiger partial charge in [0.1, 0.15) is 5.52 Å². The molecule has 2 saturated heterocycles. The van der Waals surface area contributed by atoms with Crippen molar-refractivity contribution in [2.24, 2.45) is 0 Å². The largest absolute Gasteiger partial charge is 1.00 e. The Bertz CT molecular complexity index is 701. The highest BCUT2D eigenvalue weighted by atomic mass is 79.9. The molecule has 1 aromatic carbocycles. The van der Waals surface area contributed by atoms with Crippen LogP contribution in [0.3, 0.4) is 0 Å². The monoisotopic (exact) mass is 451 g/mol. The number of piperazine rings is 2. The van der Waals surface area contributed by atoms with Crippen LogP contribution in [0.4, 0.5) is 19.2 Å². The van der Waals surface area contributed by atoms with Crippen LogP contribution in [0, 0.1) is 0 Å². The molecule has 6 nitrogen and oxygen atoms in total. The SMILES string of the molecule is C1C[NH2+]CCN1.CN1CCN(c2nc3cc(C(F)(F)F)ccc3o2)CC1.[Br-]. The van der Waals surface area contributed by atoms with Crippen molar-refractivity contribution >= 4 is 17.1 Å². The summed E-state index contributed by atoms with van der Waals surface area (Å²) >= 11 is 0. The van der Waals surface area contributed by atoms with Crippen molar-refractivity contribution < 1.29 is 39.9 Å². The van der Waals surface area contributed by atoms with Gasteiger partial charge < -0.3 is 41.8 Å². The van der Waals surface area contributed by atoms with Gasteiger partial charge in [0.2, 0.25) is 0 Å². The minimum absolute atomic E-state index is 0. The normalized spacial score (nSPS) is 18.6. The van der Waals surface area contributed by atoms with Crippen molar-refractivity contribution in [3.05, 3.63) is 23.8 Å². The number of quaternary nitrogens is 1. The molecule has 4 rings (SSSR count). The number of aromatic nitrogens is 1. The molecule has 0 unspecified atom stereocenters. The van der Waals surface area contributed by atoms with Gasteiger partial charge >= 0.3 is 6.18 Å². The van der Waals surface area contributed by atoms with Gasteiger partial charge in [0.15, 0.2) is 5.58 Å². The number of nitrogens with one attached hydrogen (secondary N) is 1. The van der Waals surface area contributed by atoms with Gasteiger partial charge in [-0.15, -0.1) is 0 Å². The van der Waals surface area contributed by atoms with Crippen molar-refractivity contribution in [1.82, 2.24) is 15.2 Å². The zero-order valence-electron chi connectivity index (χ0n) is 15.2. The Labute approximate surface area is 166 Å². The van der Waals surface area contributed by atoms with E-state index in [2.05, 4.69) is 20.5 Å². The molecule has 3 N–H and O–H groups in total. The number of nitrogens with zero attached hydrogens (tertiary/aromatic N) is 3. The summed E-state index contributed by atoms with van der Waals surface area (Å²) in [5.74, 6) is 0. The molecule has 3 heterocycles. The van der Waals surface area contributed by atoms with E-state index in [9.17, 15) is 13.2 Å². The summed E-state index contributed by atoms with van der Waals surface area (Å²) in [7, 11) is 2.03. The number of likely N-dealkylation sites (N-methyl/N-ethyl adjacent to an activating group) is 1. The lowest BCUT2D eigenvalue weighted by molar-refractivity contribution is -0.657. The van der Waals surface area contributed by atoms with Crippen molar-refractivity contribution in [2.45, 2.75) is 6.18 Å². The van der Waals surface area contributed by atoms with Crippen LogP contribution in [0.5, 0.6) is 0 Å².